The van der Waals surface area contributed by atoms with Crippen molar-refractivity contribution in [3.8, 4) is 11.1 Å². The predicted molar refractivity (Wildman–Crippen MR) is 154 cm³/mol. The Hall–Kier alpha value is -3.05. The Morgan fingerprint density at radius 3 is 2.28 bits per heavy atom. The minimum absolute atomic E-state index is 0.0445. The first kappa shape index (κ1) is 28.9. The van der Waals surface area contributed by atoms with E-state index in [1.54, 1.807) is 14.2 Å². The van der Waals surface area contributed by atoms with Crippen molar-refractivity contribution < 1.29 is 18.8 Å². The number of carbonyl (C=O) groups is 1. The number of aromatic nitrogens is 3. The van der Waals surface area contributed by atoms with E-state index in [-0.39, 0.29) is 5.91 Å². The Kier molecular flexibility index (Phi) is 9.90. The first-order valence-corrected chi connectivity index (χ1v) is 13.9. The summed E-state index contributed by atoms with van der Waals surface area (Å²) in [5.41, 5.74) is 10.7. The molecule has 0 aliphatic carbocycles. The van der Waals surface area contributed by atoms with E-state index in [0.29, 0.717) is 45.0 Å². The summed E-state index contributed by atoms with van der Waals surface area (Å²) in [6.07, 6.45) is 1.92. The van der Waals surface area contributed by atoms with Gasteiger partial charge in [0.2, 0.25) is 0 Å². The number of ether oxygens (including phenoxy) is 2. The van der Waals surface area contributed by atoms with Crippen LogP contribution in [0.1, 0.15) is 30.0 Å². The number of pyridine rings is 1. The van der Waals surface area contributed by atoms with Gasteiger partial charge in [-0.15, -0.1) is 0 Å². The highest BCUT2D eigenvalue weighted by Crippen LogP contribution is 2.30. The van der Waals surface area contributed by atoms with Gasteiger partial charge in [0.05, 0.1) is 38.4 Å². The zero-order chi connectivity index (χ0) is 27.9. The predicted octanol–water partition coefficient (Wildman–Crippen LogP) is 1.98. The molecule has 1 aliphatic heterocycles. The number of anilines is 1. The summed E-state index contributed by atoms with van der Waals surface area (Å²) in [4.78, 5) is 25.4. The number of hydrogen-bond acceptors (Lipinski definition) is 7. The molecule has 4 rings (SSSR count). The van der Waals surface area contributed by atoms with E-state index >= 15 is 0 Å². The van der Waals surface area contributed by atoms with Crippen molar-refractivity contribution in [2.75, 3.05) is 78.6 Å². The summed E-state index contributed by atoms with van der Waals surface area (Å²) in [6.45, 7) is 11.9. The van der Waals surface area contributed by atoms with Crippen molar-refractivity contribution in [1.82, 2.24) is 19.4 Å². The molecule has 212 valence electrons. The zero-order valence-electron chi connectivity index (χ0n) is 24.2. The van der Waals surface area contributed by atoms with E-state index in [4.69, 9.17) is 20.2 Å². The van der Waals surface area contributed by atoms with Crippen LogP contribution < -0.4 is 15.2 Å². The van der Waals surface area contributed by atoms with Gasteiger partial charge in [-0.25, -0.2) is 14.1 Å². The van der Waals surface area contributed by atoms with Crippen molar-refractivity contribution in [2.45, 2.75) is 33.5 Å². The van der Waals surface area contributed by atoms with Gasteiger partial charge >= 0.3 is 0 Å². The molecule has 3 aromatic rings. The van der Waals surface area contributed by atoms with Crippen LogP contribution in [0.25, 0.3) is 22.2 Å². The van der Waals surface area contributed by atoms with Gasteiger partial charge in [-0.2, -0.15) is 0 Å². The molecule has 10 nitrogen and oxygen atoms in total. The number of piperazine rings is 1. The summed E-state index contributed by atoms with van der Waals surface area (Å²) < 4.78 is 15.0. The van der Waals surface area contributed by atoms with Crippen LogP contribution in [0.15, 0.2) is 30.5 Å². The number of amides is 1. The lowest BCUT2D eigenvalue weighted by Gasteiger charge is -2.33. The fourth-order valence-corrected chi connectivity index (χ4v) is 5.43. The number of benzene rings is 1. The molecular weight excluding hydrogens is 494 g/mol. The SMILES string of the molecule is CCn1c(CN)[n+](CC)c2cc(-c3ccc(N4CCN(C)CC4)nc3)cc(C(=O)N(CCOC)CCOC)c21. The van der Waals surface area contributed by atoms with E-state index in [1.807, 2.05) is 17.2 Å². The molecular formula is C29H44N7O3+. The van der Waals surface area contributed by atoms with Crippen molar-refractivity contribution in [3.05, 3.63) is 41.9 Å². The molecule has 2 N–H and O–H groups in total. The summed E-state index contributed by atoms with van der Waals surface area (Å²) >= 11 is 0. The van der Waals surface area contributed by atoms with Gasteiger partial charge in [0.1, 0.15) is 5.82 Å². The average molecular weight is 539 g/mol. The maximum atomic E-state index is 14.1. The molecule has 3 heterocycles. The number of hydrogen-bond donors (Lipinski definition) is 1. The zero-order valence-corrected chi connectivity index (χ0v) is 24.2. The van der Waals surface area contributed by atoms with Gasteiger partial charge in [0.15, 0.2) is 11.0 Å². The quantitative estimate of drug-likeness (QED) is 0.353. The molecule has 0 saturated carbocycles. The monoisotopic (exact) mass is 538 g/mol. The van der Waals surface area contributed by atoms with Gasteiger partial charge in [-0.1, -0.05) is 0 Å². The molecule has 0 spiro atoms. The van der Waals surface area contributed by atoms with E-state index < -0.39 is 0 Å². The van der Waals surface area contributed by atoms with Gasteiger partial charge in [-0.05, 0) is 50.7 Å². The van der Waals surface area contributed by atoms with Gasteiger partial charge < -0.3 is 29.9 Å². The van der Waals surface area contributed by atoms with E-state index in [2.05, 4.69) is 58.0 Å². The second-order valence-corrected chi connectivity index (χ2v) is 9.97. The first-order valence-electron chi connectivity index (χ1n) is 13.9. The van der Waals surface area contributed by atoms with Crippen LogP contribution in [0.3, 0.4) is 0 Å². The number of nitrogens with zero attached hydrogens (tertiary/aromatic N) is 6. The Bertz CT molecular complexity index is 1240. The minimum Gasteiger partial charge on any atom is -0.383 e. The third-order valence-electron chi connectivity index (χ3n) is 7.65. The summed E-state index contributed by atoms with van der Waals surface area (Å²) in [5.74, 6) is 1.95. The van der Waals surface area contributed by atoms with Crippen molar-refractivity contribution >= 4 is 22.8 Å². The average Bonchev–Trinajstić information content (AvgIpc) is 3.29. The molecule has 39 heavy (non-hydrogen) atoms. The highest BCUT2D eigenvalue weighted by atomic mass is 16.5. The lowest BCUT2D eigenvalue weighted by Crippen LogP contribution is -2.44. The smallest absolute Gasteiger partial charge is 0.271 e. The number of rotatable bonds is 12. The Balaban J connectivity index is 1.83. The number of imidazole rings is 1. The van der Waals surface area contributed by atoms with Crippen LogP contribution in [0.2, 0.25) is 0 Å². The molecule has 1 amide bonds. The number of likely N-dealkylation sites (N-methyl/N-ethyl adjacent to an activating group) is 1. The minimum atomic E-state index is -0.0445. The molecule has 10 heteroatoms. The molecule has 0 bridgehead atoms. The second kappa shape index (κ2) is 13.3. The van der Waals surface area contributed by atoms with Crippen LogP contribution in [0, 0.1) is 0 Å². The van der Waals surface area contributed by atoms with Crippen molar-refractivity contribution in [2.24, 2.45) is 5.73 Å². The third-order valence-corrected chi connectivity index (χ3v) is 7.65. The number of nitrogens with two attached hydrogens (primary N) is 1. The fourth-order valence-electron chi connectivity index (χ4n) is 5.43. The standard InChI is InChI=1S/C29H44N7O3/c1-6-35-25-19-23(22-8-9-26(31-21-22)33-12-10-32(3)11-13-33)18-24(28(25)36(7-2)27(35)20-30)29(37)34(14-16-38-4)15-17-39-5/h8-9,18-19,21H,6-7,10-17,20,30H2,1-5H3/q+1. The summed E-state index contributed by atoms with van der Waals surface area (Å²) in [6, 6.07) is 8.38. The van der Waals surface area contributed by atoms with Crippen LogP contribution >= 0.6 is 0 Å². The Morgan fingerprint density at radius 2 is 1.74 bits per heavy atom. The normalized spacial score (nSPS) is 14.4. The molecule has 1 aromatic carbocycles. The van der Waals surface area contributed by atoms with Crippen molar-refractivity contribution in [1.29, 1.82) is 0 Å². The molecule has 0 atom stereocenters. The number of carbonyl (C=O) groups excluding carboxylic acids is 1. The highest BCUT2D eigenvalue weighted by molar-refractivity contribution is 6.06. The third kappa shape index (κ3) is 6.09. The first-order chi connectivity index (χ1) is 19.0. The summed E-state index contributed by atoms with van der Waals surface area (Å²) in [7, 11) is 5.45. The summed E-state index contributed by atoms with van der Waals surface area (Å²) in [5, 5.41) is 0. The van der Waals surface area contributed by atoms with E-state index in [1.165, 1.54) is 0 Å². The second-order valence-electron chi connectivity index (χ2n) is 9.97. The number of aryl methyl sites for hydroxylation is 2. The topological polar surface area (TPSA) is 93.0 Å². The maximum Gasteiger partial charge on any atom is 0.271 e. The highest BCUT2D eigenvalue weighted by Gasteiger charge is 2.30. The molecule has 1 saturated heterocycles. The van der Waals surface area contributed by atoms with Gasteiger partial charge in [-0.3, -0.25) is 4.79 Å². The van der Waals surface area contributed by atoms with Crippen molar-refractivity contribution in [3.63, 3.8) is 0 Å². The van der Waals surface area contributed by atoms with E-state index in [9.17, 15) is 4.79 Å². The largest absolute Gasteiger partial charge is 0.383 e. The Labute approximate surface area is 231 Å². The lowest BCUT2D eigenvalue weighted by molar-refractivity contribution is -0.676. The van der Waals surface area contributed by atoms with Crippen LogP contribution in [0.5, 0.6) is 0 Å². The molecule has 1 aliphatic rings. The van der Waals surface area contributed by atoms with Crippen LogP contribution in [0.4, 0.5) is 5.82 Å². The van der Waals surface area contributed by atoms with Gasteiger partial charge in [0.25, 0.3) is 11.7 Å². The molecule has 0 unspecified atom stereocenters. The van der Waals surface area contributed by atoms with E-state index in [0.717, 1.165) is 66.5 Å². The maximum absolute atomic E-state index is 14.1. The molecule has 0 radical (unpaired) electrons. The number of methoxy groups -OCH3 is 2. The lowest BCUT2D eigenvalue weighted by atomic mass is 10.0. The molecule has 1 fully saturated rings. The number of fused-ring (bicyclic) bond motifs is 1. The fraction of sp³-hybridized carbons (Fsp3) is 0.552. The van der Waals surface area contributed by atoms with Crippen LogP contribution in [-0.2, 0) is 29.1 Å². The molecule has 2 aromatic heterocycles. The Morgan fingerprint density at radius 1 is 1.05 bits per heavy atom. The van der Waals surface area contributed by atoms with Crippen LogP contribution in [-0.4, -0.2) is 99.0 Å². The van der Waals surface area contributed by atoms with Gasteiger partial charge in [0, 0.05) is 65.2 Å².